The average Bonchev–Trinajstić information content (AvgIpc) is 2.61. The molecule has 0 spiro atoms. The molecule has 7 heteroatoms. The van der Waals surface area contributed by atoms with E-state index in [1.807, 2.05) is 13.0 Å². The Balaban J connectivity index is 1.69. The summed E-state index contributed by atoms with van der Waals surface area (Å²) in [5, 5.41) is -0.0309. The average molecular weight is 373 g/mol. The maximum absolute atomic E-state index is 13.1. The van der Waals surface area contributed by atoms with Gasteiger partial charge in [-0.25, -0.2) is 14.2 Å². The molecule has 2 aromatic heterocycles. The van der Waals surface area contributed by atoms with Crippen molar-refractivity contribution in [3.8, 4) is 0 Å². The Labute approximate surface area is 153 Å². The van der Waals surface area contributed by atoms with Crippen LogP contribution in [0.2, 0.25) is 5.02 Å². The van der Waals surface area contributed by atoms with Crippen LogP contribution in [-0.4, -0.2) is 15.4 Å². The molecule has 0 unspecified atom stereocenters. The minimum absolute atomic E-state index is 0.0309. The molecular formula is C19H14ClFN2O3. The summed E-state index contributed by atoms with van der Waals surface area (Å²) >= 11 is 5.68. The van der Waals surface area contributed by atoms with Gasteiger partial charge in [0.2, 0.25) is 0 Å². The summed E-state index contributed by atoms with van der Waals surface area (Å²) in [6.07, 6.45) is 2.65. The van der Waals surface area contributed by atoms with Crippen molar-refractivity contribution < 1.29 is 13.9 Å². The molecule has 132 valence electrons. The predicted octanol–water partition coefficient (Wildman–Crippen LogP) is 3.55. The van der Waals surface area contributed by atoms with Crippen molar-refractivity contribution in [2.75, 3.05) is 0 Å². The second-order valence-corrected chi connectivity index (χ2v) is 5.97. The van der Waals surface area contributed by atoms with Crippen LogP contribution in [-0.2, 0) is 16.1 Å². The first-order valence-electron chi connectivity index (χ1n) is 7.72. The molecule has 0 aliphatic rings. The fraction of sp³-hybridized carbons (Fsp3) is 0.105. The van der Waals surface area contributed by atoms with Crippen LogP contribution in [0.1, 0.15) is 17.0 Å². The summed E-state index contributed by atoms with van der Waals surface area (Å²) in [6, 6.07) is 10.7. The second kappa shape index (κ2) is 7.49. The molecule has 0 saturated heterocycles. The van der Waals surface area contributed by atoms with Gasteiger partial charge in [0.25, 0.3) is 5.56 Å². The number of halogens is 2. The smallest absolute Gasteiger partial charge is 0.331 e. The second-order valence-electron chi connectivity index (χ2n) is 5.56. The van der Waals surface area contributed by atoms with Gasteiger partial charge in [0.15, 0.2) is 0 Å². The van der Waals surface area contributed by atoms with E-state index in [1.54, 1.807) is 12.1 Å². The van der Waals surface area contributed by atoms with Crippen LogP contribution in [0.3, 0.4) is 0 Å². The number of nitrogens with zero attached hydrogens (tertiary/aromatic N) is 2. The third-order valence-corrected chi connectivity index (χ3v) is 3.94. The first-order valence-corrected chi connectivity index (χ1v) is 8.10. The number of pyridine rings is 1. The highest BCUT2D eigenvalue weighted by molar-refractivity contribution is 6.30. The Morgan fingerprint density at radius 1 is 1.31 bits per heavy atom. The van der Waals surface area contributed by atoms with Crippen molar-refractivity contribution in [2.24, 2.45) is 0 Å². The van der Waals surface area contributed by atoms with E-state index in [4.69, 9.17) is 16.3 Å². The molecule has 3 rings (SSSR count). The molecule has 0 radical (unpaired) electrons. The topological polar surface area (TPSA) is 60.7 Å². The number of esters is 1. The van der Waals surface area contributed by atoms with Gasteiger partial charge >= 0.3 is 5.97 Å². The number of aromatic nitrogens is 2. The monoisotopic (exact) mass is 372 g/mol. The van der Waals surface area contributed by atoms with Gasteiger partial charge < -0.3 is 4.74 Å². The van der Waals surface area contributed by atoms with E-state index in [0.29, 0.717) is 16.9 Å². The highest BCUT2D eigenvalue weighted by Gasteiger charge is 2.06. The zero-order valence-electron chi connectivity index (χ0n) is 13.8. The lowest BCUT2D eigenvalue weighted by Crippen LogP contribution is -2.18. The highest BCUT2D eigenvalue weighted by Crippen LogP contribution is 2.16. The standard InChI is InChI=1S/C19H14ClFN2O3/c1-12-3-2-4-17-22-14(10-18(24)23(12)17)11-26-19(25)8-6-13-5-7-16(21)15(20)9-13/h2-10H,11H2,1H3/b8-6+. The van der Waals surface area contributed by atoms with Crippen molar-refractivity contribution in [3.63, 3.8) is 0 Å². The lowest BCUT2D eigenvalue weighted by atomic mass is 10.2. The van der Waals surface area contributed by atoms with E-state index in [0.717, 1.165) is 5.69 Å². The highest BCUT2D eigenvalue weighted by atomic mass is 35.5. The van der Waals surface area contributed by atoms with E-state index in [2.05, 4.69) is 4.98 Å². The number of carbonyl (C=O) groups is 1. The lowest BCUT2D eigenvalue weighted by molar-refractivity contribution is -0.139. The van der Waals surface area contributed by atoms with E-state index < -0.39 is 11.8 Å². The molecule has 3 aromatic rings. The molecule has 5 nitrogen and oxygen atoms in total. The van der Waals surface area contributed by atoms with Gasteiger partial charge in [-0.1, -0.05) is 23.7 Å². The molecule has 0 amide bonds. The Morgan fingerprint density at radius 3 is 2.88 bits per heavy atom. The molecule has 1 aromatic carbocycles. The minimum atomic E-state index is -0.614. The quantitative estimate of drug-likeness (QED) is 0.519. The molecule has 0 fully saturated rings. The number of hydrogen-bond acceptors (Lipinski definition) is 4. The molecular weight excluding hydrogens is 359 g/mol. The molecule has 0 atom stereocenters. The first-order chi connectivity index (χ1) is 12.4. The zero-order chi connectivity index (χ0) is 18.7. The number of benzene rings is 1. The van der Waals surface area contributed by atoms with Crippen molar-refractivity contribution in [2.45, 2.75) is 13.5 Å². The zero-order valence-corrected chi connectivity index (χ0v) is 14.5. The van der Waals surface area contributed by atoms with Crippen molar-refractivity contribution >= 4 is 29.3 Å². The molecule has 26 heavy (non-hydrogen) atoms. The maximum atomic E-state index is 13.1. The molecule has 0 aliphatic heterocycles. The number of fused-ring (bicyclic) bond motifs is 1. The van der Waals surface area contributed by atoms with Gasteiger partial charge in [-0.05, 0) is 42.8 Å². The van der Waals surface area contributed by atoms with Crippen molar-refractivity contribution in [1.82, 2.24) is 9.38 Å². The van der Waals surface area contributed by atoms with Gasteiger partial charge in [0.05, 0.1) is 10.7 Å². The summed E-state index contributed by atoms with van der Waals surface area (Å²) in [6.45, 7) is 1.68. The molecule has 0 aliphatic carbocycles. The molecule has 2 heterocycles. The Bertz CT molecular complexity index is 1080. The Kier molecular flexibility index (Phi) is 5.14. The third-order valence-electron chi connectivity index (χ3n) is 3.65. The van der Waals surface area contributed by atoms with E-state index in [9.17, 15) is 14.0 Å². The van der Waals surface area contributed by atoms with Gasteiger partial charge in [-0.15, -0.1) is 0 Å². The van der Waals surface area contributed by atoms with Crippen molar-refractivity contribution in [1.29, 1.82) is 0 Å². The Morgan fingerprint density at radius 2 is 2.12 bits per heavy atom. The largest absolute Gasteiger partial charge is 0.456 e. The number of rotatable bonds is 4. The Hall–Kier alpha value is -2.99. The SMILES string of the molecule is Cc1cccc2nc(COC(=O)/C=C/c3ccc(F)c(Cl)c3)cc(=O)n12. The van der Waals surface area contributed by atoms with Crippen LogP contribution in [0.5, 0.6) is 0 Å². The van der Waals surface area contributed by atoms with E-state index >= 15 is 0 Å². The summed E-state index contributed by atoms with van der Waals surface area (Å²) in [4.78, 5) is 28.3. The summed E-state index contributed by atoms with van der Waals surface area (Å²) in [7, 11) is 0. The van der Waals surface area contributed by atoms with Crippen LogP contribution >= 0.6 is 11.6 Å². The normalized spacial score (nSPS) is 11.2. The van der Waals surface area contributed by atoms with E-state index in [-0.39, 0.29) is 17.2 Å². The van der Waals surface area contributed by atoms with Crippen LogP contribution in [0, 0.1) is 12.7 Å². The van der Waals surface area contributed by atoms with Crippen LogP contribution < -0.4 is 5.56 Å². The maximum Gasteiger partial charge on any atom is 0.331 e. The van der Waals surface area contributed by atoms with Crippen LogP contribution in [0.15, 0.2) is 53.3 Å². The third kappa shape index (κ3) is 3.97. The fourth-order valence-electron chi connectivity index (χ4n) is 2.41. The minimum Gasteiger partial charge on any atom is -0.456 e. The van der Waals surface area contributed by atoms with Gasteiger partial charge in [0.1, 0.15) is 18.1 Å². The summed E-state index contributed by atoms with van der Waals surface area (Å²) in [5.74, 6) is -1.15. The van der Waals surface area contributed by atoms with Gasteiger partial charge in [0, 0.05) is 17.8 Å². The molecule has 0 saturated carbocycles. The lowest BCUT2D eigenvalue weighted by Gasteiger charge is -2.06. The molecule has 0 N–H and O–H groups in total. The number of hydrogen-bond donors (Lipinski definition) is 0. The number of carbonyl (C=O) groups excluding carboxylic acids is 1. The fourth-order valence-corrected chi connectivity index (χ4v) is 2.60. The van der Waals surface area contributed by atoms with Gasteiger partial charge in [-0.2, -0.15) is 0 Å². The predicted molar refractivity (Wildman–Crippen MR) is 96.4 cm³/mol. The van der Waals surface area contributed by atoms with Crippen molar-refractivity contribution in [3.05, 3.63) is 86.7 Å². The molecule has 0 bridgehead atoms. The number of ether oxygens (including phenoxy) is 1. The summed E-state index contributed by atoms with van der Waals surface area (Å²) < 4.78 is 19.7. The van der Waals surface area contributed by atoms with Crippen LogP contribution in [0.25, 0.3) is 11.7 Å². The first kappa shape index (κ1) is 17.8. The van der Waals surface area contributed by atoms with Gasteiger partial charge in [-0.3, -0.25) is 9.20 Å². The van der Waals surface area contributed by atoms with E-state index in [1.165, 1.54) is 40.8 Å². The van der Waals surface area contributed by atoms with Crippen LogP contribution in [0.4, 0.5) is 4.39 Å². The number of aryl methyl sites for hydroxylation is 1. The summed E-state index contributed by atoms with van der Waals surface area (Å²) in [5.41, 5.74) is 1.93.